The summed E-state index contributed by atoms with van der Waals surface area (Å²) in [5.41, 5.74) is 2.45. The average molecular weight is 302 g/mol. The second-order valence-corrected chi connectivity index (χ2v) is 5.63. The van der Waals surface area contributed by atoms with Gasteiger partial charge in [0.2, 0.25) is 0 Å². The summed E-state index contributed by atoms with van der Waals surface area (Å²) in [4.78, 5) is 16.4. The predicted octanol–water partition coefficient (Wildman–Crippen LogP) is 1.82. The average Bonchev–Trinajstić information content (AvgIpc) is 2.96. The van der Waals surface area contributed by atoms with E-state index in [-0.39, 0.29) is 11.7 Å². The second-order valence-electron chi connectivity index (χ2n) is 5.63. The van der Waals surface area contributed by atoms with Gasteiger partial charge in [0.1, 0.15) is 11.5 Å². The van der Waals surface area contributed by atoms with E-state index < -0.39 is 0 Å². The first-order valence-electron chi connectivity index (χ1n) is 7.40. The minimum atomic E-state index is -0.214. The van der Waals surface area contributed by atoms with Crippen LogP contribution >= 0.6 is 0 Å². The van der Waals surface area contributed by atoms with Crippen LogP contribution in [0, 0.1) is 12.7 Å². The van der Waals surface area contributed by atoms with E-state index in [1.165, 1.54) is 12.1 Å². The Labute approximate surface area is 128 Å². The minimum absolute atomic E-state index is 0.0224. The smallest absolute Gasteiger partial charge is 0.274 e. The Morgan fingerprint density at radius 2 is 1.91 bits per heavy atom. The summed E-state index contributed by atoms with van der Waals surface area (Å²) in [5, 5.41) is 6.82. The molecule has 1 amide bonds. The lowest BCUT2D eigenvalue weighted by atomic mass is 10.2. The minimum Gasteiger partial charge on any atom is -0.335 e. The van der Waals surface area contributed by atoms with Crippen LogP contribution in [0.4, 0.5) is 4.39 Å². The number of nitrogens with one attached hydrogen (secondary N) is 1. The molecule has 3 rings (SSSR count). The number of benzene rings is 1. The number of aromatic nitrogens is 2. The second kappa shape index (κ2) is 6.27. The highest BCUT2D eigenvalue weighted by Crippen LogP contribution is 2.11. The number of hydrogen-bond acceptors (Lipinski definition) is 3. The van der Waals surface area contributed by atoms with E-state index in [4.69, 9.17) is 0 Å². The molecule has 1 aromatic carbocycles. The fraction of sp³-hybridized carbons (Fsp3) is 0.375. The number of hydrogen-bond donors (Lipinski definition) is 1. The molecule has 0 saturated carbocycles. The van der Waals surface area contributed by atoms with Gasteiger partial charge in [-0.3, -0.25) is 14.8 Å². The molecule has 0 radical (unpaired) electrons. The van der Waals surface area contributed by atoms with Crippen LogP contribution in [-0.2, 0) is 6.54 Å². The normalized spacial score (nSPS) is 16.0. The zero-order chi connectivity index (χ0) is 15.5. The highest BCUT2D eigenvalue weighted by atomic mass is 19.1. The van der Waals surface area contributed by atoms with Gasteiger partial charge in [0.15, 0.2) is 0 Å². The lowest BCUT2D eigenvalue weighted by Crippen LogP contribution is -2.48. The first-order chi connectivity index (χ1) is 10.6. The van der Waals surface area contributed by atoms with Crippen LogP contribution in [-0.4, -0.2) is 52.1 Å². The van der Waals surface area contributed by atoms with E-state index in [2.05, 4.69) is 15.1 Å². The monoisotopic (exact) mass is 302 g/mol. The Morgan fingerprint density at radius 1 is 1.23 bits per heavy atom. The summed E-state index contributed by atoms with van der Waals surface area (Å²) in [5.74, 6) is -0.237. The van der Waals surface area contributed by atoms with Crippen molar-refractivity contribution in [3.8, 4) is 0 Å². The van der Waals surface area contributed by atoms with E-state index >= 15 is 0 Å². The molecule has 22 heavy (non-hydrogen) atoms. The molecule has 2 aromatic rings. The van der Waals surface area contributed by atoms with Crippen molar-refractivity contribution in [2.75, 3.05) is 26.2 Å². The van der Waals surface area contributed by atoms with Crippen LogP contribution in [0.1, 0.15) is 21.7 Å². The van der Waals surface area contributed by atoms with Gasteiger partial charge in [0.05, 0.1) is 0 Å². The van der Waals surface area contributed by atoms with Crippen molar-refractivity contribution in [3.05, 3.63) is 53.1 Å². The number of aromatic amines is 1. The van der Waals surface area contributed by atoms with Gasteiger partial charge in [-0.1, -0.05) is 12.1 Å². The van der Waals surface area contributed by atoms with Crippen LogP contribution in [0.2, 0.25) is 0 Å². The van der Waals surface area contributed by atoms with Crippen molar-refractivity contribution in [1.29, 1.82) is 0 Å². The molecule has 1 saturated heterocycles. The molecular weight excluding hydrogens is 283 g/mol. The highest BCUT2D eigenvalue weighted by molar-refractivity contribution is 5.92. The number of halogens is 1. The van der Waals surface area contributed by atoms with Crippen LogP contribution in [0.15, 0.2) is 30.3 Å². The van der Waals surface area contributed by atoms with Gasteiger partial charge >= 0.3 is 0 Å². The number of nitrogens with zero attached hydrogens (tertiary/aromatic N) is 3. The van der Waals surface area contributed by atoms with Crippen molar-refractivity contribution >= 4 is 5.91 Å². The number of H-pyrrole nitrogens is 1. The van der Waals surface area contributed by atoms with Crippen LogP contribution in [0.3, 0.4) is 0 Å². The summed E-state index contributed by atoms with van der Waals surface area (Å²) < 4.78 is 12.9. The van der Waals surface area contributed by atoms with Crippen molar-refractivity contribution in [3.63, 3.8) is 0 Å². The molecule has 0 atom stereocenters. The van der Waals surface area contributed by atoms with Gasteiger partial charge in [-0.25, -0.2) is 4.39 Å². The van der Waals surface area contributed by atoms with Crippen molar-refractivity contribution in [1.82, 2.24) is 20.0 Å². The lowest BCUT2D eigenvalue weighted by molar-refractivity contribution is 0.0622. The van der Waals surface area contributed by atoms with Crippen molar-refractivity contribution < 1.29 is 9.18 Å². The van der Waals surface area contributed by atoms with Gasteiger partial charge in [-0.2, -0.15) is 5.10 Å². The topological polar surface area (TPSA) is 52.2 Å². The predicted molar refractivity (Wildman–Crippen MR) is 80.9 cm³/mol. The molecule has 2 heterocycles. The number of rotatable bonds is 3. The number of amides is 1. The molecule has 5 nitrogen and oxygen atoms in total. The van der Waals surface area contributed by atoms with Gasteiger partial charge in [-0.05, 0) is 30.7 Å². The molecule has 1 N–H and O–H groups in total. The van der Waals surface area contributed by atoms with Gasteiger partial charge in [0.25, 0.3) is 5.91 Å². The summed E-state index contributed by atoms with van der Waals surface area (Å²) in [6, 6.07) is 8.34. The van der Waals surface area contributed by atoms with Crippen LogP contribution in [0.25, 0.3) is 0 Å². The van der Waals surface area contributed by atoms with E-state index in [1.54, 1.807) is 18.2 Å². The number of carbonyl (C=O) groups excluding carboxylic acids is 1. The molecule has 0 spiro atoms. The first kappa shape index (κ1) is 14.7. The number of piperazine rings is 1. The third-order valence-corrected chi connectivity index (χ3v) is 3.90. The molecule has 1 fully saturated rings. The first-order valence-corrected chi connectivity index (χ1v) is 7.40. The molecule has 0 aliphatic carbocycles. The third kappa shape index (κ3) is 3.33. The van der Waals surface area contributed by atoms with Gasteiger partial charge in [0, 0.05) is 38.4 Å². The Bertz CT molecular complexity index is 644. The Hall–Kier alpha value is -2.21. The van der Waals surface area contributed by atoms with E-state index in [1.807, 2.05) is 11.8 Å². The molecule has 1 aliphatic heterocycles. The highest BCUT2D eigenvalue weighted by Gasteiger charge is 2.23. The molecule has 6 heteroatoms. The van der Waals surface area contributed by atoms with E-state index in [0.29, 0.717) is 18.8 Å². The maximum Gasteiger partial charge on any atom is 0.274 e. The molecule has 0 unspecified atom stereocenters. The molecule has 0 bridgehead atoms. The zero-order valence-electron chi connectivity index (χ0n) is 12.6. The lowest BCUT2D eigenvalue weighted by Gasteiger charge is -2.34. The standard InChI is InChI=1S/C16H19FN4O/c1-12-10-15(19-18-12)16(22)21-8-6-20(7-9-21)11-13-2-4-14(17)5-3-13/h2-5,10H,6-9,11H2,1H3,(H,18,19). The van der Waals surface area contributed by atoms with Crippen molar-refractivity contribution in [2.45, 2.75) is 13.5 Å². The Morgan fingerprint density at radius 3 is 2.50 bits per heavy atom. The van der Waals surface area contributed by atoms with E-state index in [9.17, 15) is 9.18 Å². The third-order valence-electron chi connectivity index (χ3n) is 3.90. The SMILES string of the molecule is Cc1cc(C(=O)N2CCN(Cc3ccc(F)cc3)CC2)n[nH]1. The number of aryl methyl sites for hydroxylation is 1. The maximum absolute atomic E-state index is 12.9. The summed E-state index contributed by atoms with van der Waals surface area (Å²) in [6.45, 7) is 5.66. The zero-order valence-corrected chi connectivity index (χ0v) is 12.6. The van der Waals surface area contributed by atoms with Crippen LogP contribution < -0.4 is 0 Å². The fourth-order valence-electron chi connectivity index (χ4n) is 2.65. The molecular formula is C16H19FN4O. The van der Waals surface area contributed by atoms with Gasteiger partial charge in [-0.15, -0.1) is 0 Å². The van der Waals surface area contributed by atoms with E-state index in [0.717, 1.165) is 30.9 Å². The summed E-state index contributed by atoms with van der Waals surface area (Å²) in [6.07, 6.45) is 0. The fourth-order valence-corrected chi connectivity index (χ4v) is 2.65. The number of carbonyl (C=O) groups is 1. The van der Waals surface area contributed by atoms with Crippen molar-refractivity contribution in [2.24, 2.45) is 0 Å². The quantitative estimate of drug-likeness (QED) is 0.941. The Kier molecular flexibility index (Phi) is 4.20. The van der Waals surface area contributed by atoms with Crippen LogP contribution in [0.5, 0.6) is 0 Å². The van der Waals surface area contributed by atoms with Gasteiger partial charge < -0.3 is 4.90 Å². The maximum atomic E-state index is 12.9. The summed E-state index contributed by atoms with van der Waals surface area (Å²) >= 11 is 0. The Balaban J connectivity index is 1.54. The summed E-state index contributed by atoms with van der Waals surface area (Å²) in [7, 11) is 0. The molecule has 1 aliphatic rings. The molecule has 1 aromatic heterocycles. The molecule has 116 valence electrons. The largest absolute Gasteiger partial charge is 0.335 e.